The van der Waals surface area contributed by atoms with Gasteiger partial charge in [-0.25, -0.2) is 9.97 Å². The van der Waals surface area contributed by atoms with E-state index in [0.717, 1.165) is 36.7 Å². The van der Waals surface area contributed by atoms with Gasteiger partial charge in [0.25, 0.3) is 0 Å². The molecular formula is C16H29N3O. The molecule has 0 saturated heterocycles. The lowest BCUT2D eigenvalue weighted by atomic mass is 9.99. The molecule has 0 bridgehead atoms. The van der Waals surface area contributed by atoms with Gasteiger partial charge in [0.15, 0.2) is 5.82 Å². The van der Waals surface area contributed by atoms with Gasteiger partial charge in [0.1, 0.15) is 11.4 Å². The Morgan fingerprint density at radius 2 is 1.90 bits per heavy atom. The van der Waals surface area contributed by atoms with Crippen molar-refractivity contribution < 1.29 is 4.74 Å². The molecule has 0 aromatic carbocycles. The lowest BCUT2D eigenvalue weighted by molar-refractivity contribution is -0.00904. The van der Waals surface area contributed by atoms with Crippen molar-refractivity contribution >= 4 is 5.82 Å². The van der Waals surface area contributed by atoms with Crippen LogP contribution in [0.5, 0.6) is 0 Å². The van der Waals surface area contributed by atoms with Crippen LogP contribution in [-0.2, 0) is 10.3 Å². The largest absolute Gasteiger partial charge is 0.371 e. The van der Waals surface area contributed by atoms with E-state index in [-0.39, 0.29) is 0 Å². The van der Waals surface area contributed by atoms with Gasteiger partial charge in [-0.2, -0.15) is 0 Å². The van der Waals surface area contributed by atoms with Crippen LogP contribution in [0.3, 0.4) is 0 Å². The molecule has 1 N–H and O–H groups in total. The molecule has 114 valence electrons. The van der Waals surface area contributed by atoms with Gasteiger partial charge in [0.2, 0.25) is 0 Å². The Bertz CT molecular complexity index is 440. The van der Waals surface area contributed by atoms with Crippen molar-refractivity contribution in [3.63, 3.8) is 0 Å². The number of hydrogen-bond acceptors (Lipinski definition) is 4. The number of anilines is 1. The predicted molar refractivity (Wildman–Crippen MR) is 84.3 cm³/mol. The summed E-state index contributed by atoms with van der Waals surface area (Å²) < 4.78 is 5.64. The molecule has 0 spiro atoms. The Labute approximate surface area is 123 Å². The van der Waals surface area contributed by atoms with E-state index in [1.165, 1.54) is 5.56 Å². The van der Waals surface area contributed by atoms with Crippen LogP contribution < -0.4 is 5.32 Å². The minimum absolute atomic E-state index is 0.402. The molecule has 0 amide bonds. The standard InChI is InChI=1S/C16H29N3O/c1-8-10-17-14-13(11(3)4)12(5)18-15(19-14)16(6,9-2)20-7/h11H,8-10H2,1-7H3,(H,17,18,19). The summed E-state index contributed by atoms with van der Waals surface area (Å²) in [6.07, 6.45) is 1.92. The number of nitrogens with one attached hydrogen (secondary N) is 1. The first-order chi connectivity index (χ1) is 9.39. The third-order valence-electron chi connectivity index (χ3n) is 3.85. The molecule has 0 aliphatic heterocycles. The highest BCUT2D eigenvalue weighted by Gasteiger charge is 2.29. The summed E-state index contributed by atoms with van der Waals surface area (Å²) in [4.78, 5) is 9.46. The van der Waals surface area contributed by atoms with E-state index in [9.17, 15) is 0 Å². The van der Waals surface area contributed by atoms with E-state index in [1.807, 2.05) is 6.92 Å². The van der Waals surface area contributed by atoms with Gasteiger partial charge in [-0.15, -0.1) is 0 Å². The lowest BCUT2D eigenvalue weighted by Gasteiger charge is -2.27. The quantitative estimate of drug-likeness (QED) is 0.819. The molecule has 0 aliphatic carbocycles. The number of nitrogens with zero attached hydrogens (tertiary/aromatic N) is 2. The van der Waals surface area contributed by atoms with Crippen LogP contribution >= 0.6 is 0 Å². The monoisotopic (exact) mass is 279 g/mol. The zero-order chi connectivity index (χ0) is 15.3. The summed E-state index contributed by atoms with van der Waals surface area (Å²) in [6, 6.07) is 0. The van der Waals surface area contributed by atoms with Crippen LogP contribution in [0.25, 0.3) is 0 Å². The molecular weight excluding hydrogens is 250 g/mol. The number of hydrogen-bond donors (Lipinski definition) is 1. The fourth-order valence-corrected chi connectivity index (χ4v) is 2.28. The first-order valence-electron chi connectivity index (χ1n) is 7.57. The molecule has 4 heteroatoms. The van der Waals surface area contributed by atoms with E-state index in [2.05, 4.69) is 39.9 Å². The molecule has 1 heterocycles. The minimum Gasteiger partial charge on any atom is -0.371 e. The molecule has 0 saturated carbocycles. The Morgan fingerprint density at radius 1 is 1.25 bits per heavy atom. The van der Waals surface area contributed by atoms with Crippen molar-refractivity contribution in [1.29, 1.82) is 0 Å². The second-order valence-corrected chi connectivity index (χ2v) is 5.76. The molecule has 0 fully saturated rings. The topological polar surface area (TPSA) is 47.0 Å². The molecule has 1 aromatic heterocycles. The molecule has 1 atom stereocenters. The summed E-state index contributed by atoms with van der Waals surface area (Å²) in [6.45, 7) is 13.6. The smallest absolute Gasteiger partial charge is 0.162 e. The van der Waals surface area contributed by atoms with Crippen molar-refractivity contribution in [1.82, 2.24) is 9.97 Å². The SMILES string of the molecule is CCCNc1nc(C(C)(CC)OC)nc(C)c1C(C)C. The van der Waals surface area contributed by atoms with E-state index >= 15 is 0 Å². The lowest BCUT2D eigenvalue weighted by Crippen LogP contribution is -2.28. The van der Waals surface area contributed by atoms with Gasteiger partial charge in [-0.1, -0.05) is 27.7 Å². The fraction of sp³-hybridized carbons (Fsp3) is 0.750. The zero-order valence-electron chi connectivity index (χ0n) is 14.0. The Morgan fingerprint density at radius 3 is 2.35 bits per heavy atom. The molecule has 1 rings (SSSR count). The number of ether oxygens (including phenoxy) is 1. The average molecular weight is 279 g/mol. The second kappa shape index (κ2) is 7.02. The summed E-state index contributed by atoms with van der Waals surface area (Å²) in [5.41, 5.74) is 1.82. The fourth-order valence-electron chi connectivity index (χ4n) is 2.28. The Kier molecular flexibility index (Phi) is 5.93. The number of rotatable bonds is 7. The summed E-state index contributed by atoms with van der Waals surface area (Å²) in [5, 5.41) is 3.44. The average Bonchev–Trinajstić information content (AvgIpc) is 2.43. The van der Waals surface area contributed by atoms with Crippen LogP contribution in [0.1, 0.15) is 70.5 Å². The zero-order valence-corrected chi connectivity index (χ0v) is 14.0. The molecule has 1 aromatic rings. The molecule has 0 aliphatic rings. The van der Waals surface area contributed by atoms with E-state index in [1.54, 1.807) is 7.11 Å². The first kappa shape index (κ1) is 16.9. The van der Waals surface area contributed by atoms with Crippen molar-refractivity contribution in [3.05, 3.63) is 17.1 Å². The van der Waals surface area contributed by atoms with Crippen molar-refractivity contribution in [3.8, 4) is 0 Å². The van der Waals surface area contributed by atoms with Crippen LogP contribution in [0, 0.1) is 6.92 Å². The number of aryl methyl sites for hydroxylation is 1. The number of aromatic nitrogens is 2. The number of methoxy groups -OCH3 is 1. The minimum atomic E-state index is -0.428. The van der Waals surface area contributed by atoms with Gasteiger partial charge in [-0.05, 0) is 32.6 Å². The van der Waals surface area contributed by atoms with Crippen LogP contribution in [-0.4, -0.2) is 23.6 Å². The van der Waals surface area contributed by atoms with Gasteiger partial charge in [0, 0.05) is 24.9 Å². The molecule has 20 heavy (non-hydrogen) atoms. The second-order valence-electron chi connectivity index (χ2n) is 5.76. The van der Waals surface area contributed by atoms with Gasteiger partial charge >= 0.3 is 0 Å². The predicted octanol–water partition coefficient (Wildman–Crippen LogP) is 4.00. The molecule has 4 nitrogen and oxygen atoms in total. The van der Waals surface area contributed by atoms with Crippen LogP contribution in [0.15, 0.2) is 0 Å². The maximum Gasteiger partial charge on any atom is 0.162 e. The molecule has 1 unspecified atom stereocenters. The van der Waals surface area contributed by atoms with Gasteiger partial charge < -0.3 is 10.1 Å². The van der Waals surface area contributed by atoms with Gasteiger partial charge in [0.05, 0.1) is 0 Å². The van der Waals surface area contributed by atoms with Crippen molar-refractivity contribution in [2.24, 2.45) is 0 Å². The third kappa shape index (κ3) is 3.48. The maximum atomic E-state index is 5.64. The van der Waals surface area contributed by atoms with E-state index in [4.69, 9.17) is 14.7 Å². The highest BCUT2D eigenvalue weighted by molar-refractivity contribution is 5.48. The van der Waals surface area contributed by atoms with Crippen LogP contribution in [0.4, 0.5) is 5.82 Å². The Hall–Kier alpha value is -1.16. The first-order valence-corrected chi connectivity index (χ1v) is 7.57. The normalized spacial score (nSPS) is 14.4. The summed E-state index contributed by atoms with van der Waals surface area (Å²) in [5.74, 6) is 2.13. The highest BCUT2D eigenvalue weighted by atomic mass is 16.5. The molecule has 0 radical (unpaired) electrons. The maximum absolute atomic E-state index is 5.64. The van der Waals surface area contributed by atoms with Gasteiger partial charge in [-0.3, -0.25) is 0 Å². The van der Waals surface area contributed by atoms with Crippen molar-refractivity contribution in [2.45, 2.75) is 65.9 Å². The Balaban J connectivity index is 3.34. The van der Waals surface area contributed by atoms with Crippen LogP contribution in [0.2, 0.25) is 0 Å². The van der Waals surface area contributed by atoms with E-state index in [0.29, 0.717) is 5.92 Å². The third-order valence-corrected chi connectivity index (χ3v) is 3.85. The highest BCUT2D eigenvalue weighted by Crippen LogP contribution is 2.31. The van der Waals surface area contributed by atoms with Crippen molar-refractivity contribution in [2.75, 3.05) is 19.0 Å². The summed E-state index contributed by atoms with van der Waals surface area (Å²) in [7, 11) is 1.72. The van der Waals surface area contributed by atoms with E-state index < -0.39 is 5.60 Å². The summed E-state index contributed by atoms with van der Waals surface area (Å²) >= 11 is 0.